The van der Waals surface area contributed by atoms with Crippen LogP contribution in [0.5, 0.6) is 0 Å². The molecule has 136 valence electrons. The van der Waals surface area contributed by atoms with Crippen LogP contribution in [0.15, 0.2) is 36.4 Å². The zero-order valence-corrected chi connectivity index (χ0v) is 15.3. The van der Waals surface area contributed by atoms with Gasteiger partial charge in [-0.05, 0) is 30.0 Å². The highest BCUT2D eigenvalue weighted by Gasteiger charge is 2.20. The van der Waals surface area contributed by atoms with Crippen LogP contribution in [0.2, 0.25) is 5.02 Å². The molecule has 0 aliphatic carbocycles. The lowest BCUT2D eigenvalue weighted by molar-refractivity contribution is -0.384. The number of non-ortho nitro benzene ring substituents is 1. The number of hydrogen-bond donors (Lipinski definition) is 2. The monoisotopic (exact) mass is 375 g/mol. The number of nitrogens with zero attached hydrogens (tertiary/aromatic N) is 1. The summed E-state index contributed by atoms with van der Waals surface area (Å²) in [5.41, 5.74) is 2.05. The maximum Gasteiger partial charge on any atom is 0.314 e. The molecule has 2 rings (SSSR count). The largest absolute Gasteiger partial charge is 0.317 e. The minimum atomic E-state index is -0.967. The quantitative estimate of drug-likeness (QED) is 0.473. The number of nitrogens with one attached hydrogen (secondary N) is 2. The van der Waals surface area contributed by atoms with Crippen molar-refractivity contribution in [2.75, 3.05) is 10.6 Å². The average molecular weight is 376 g/mol. The molecule has 2 amide bonds. The summed E-state index contributed by atoms with van der Waals surface area (Å²) in [4.78, 5) is 34.7. The summed E-state index contributed by atoms with van der Waals surface area (Å²) in [6, 6.07) is 9.18. The molecule has 0 aromatic heterocycles. The molecular formula is C18H18ClN3O4. The molecule has 0 aliphatic rings. The summed E-state index contributed by atoms with van der Waals surface area (Å²) in [7, 11) is 0. The number of nitro groups is 1. The summed E-state index contributed by atoms with van der Waals surface area (Å²) in [5.74, 6) is -1.70. The number of halogens is 1. The number of amides is 2. The first-order valence-electron chi connectivity index (χ1n) is 7.86. The fourth-order valence-corrected chi connectivity index (χ4v) is 2.58. The van der Waals surface area contributed by atoms with Crippen molar-refractivity contribution >= 4 is 40.5 Å². The Hall–Kier alpha value is -2.93. The molecule has 0 radical (unpaired) electrons. The van der Waals surface area contributed by atoms with Gasteiger partial charge in [-0.25, -0.2) is 0 Å². The van der Waals surface area contributed by atoms with Crippen molar-refractivity contribution in [1.82, 2.24) is 0 Å². The lowest BCUT2D eigenvalue weighted by Gasteiger charge is -2.16. The van der Waals surface area contributed by atoms with Gasteiger partial charge in [-0.15, -0.1) is 0 Å². The Kier molecular flexibility index (Phi) is 5.94. The maximum absolute atomic E-state index is 12.3. The number of hydrogen-bond acceptors (Lipinski definition) is 4. The van der Waals surface area contributed by atoms with Crippen LogP contribution in [0.3, 0.4) is 0 Å². The molecule has 7 nitrogen and oxygen atoms in total. The van der Waals surface area contributed by atoms with Gasteiger partial charge >= 0.3 is 11.8 Å². The standard InChI is InChI=1S/C18H18ClN3O4/c1-10(2)13-6-4-5-11(3)16(13)21-18(24)17(23)20-15-9-12(22(25)26)7-8-14(15)19/h4-10H,1-3H3,(H,20,23)(H,21,24). The molecule has 26 heavy (non-hydrogen) atoms. The number of nitro benzene ring substituents is 1. The minimum absolute atomic E-state index is 0.00474. The Bertz CT molecular complexity index is 881. The Balaban J connectivity index is 2.21. The molecule has 2 N–H and O–H groups in total. The minimum Gasteiger partial charge on any atom is -0.317 e. The first kappa shape index (κ1) is 19.4. The molecule has 0 saturated heterocycles. The maximum atomic E-state index is 12.3. The Morgan fingerprint density at radius 1 is 1.12 bits per heavy atom. The molecule has 2 aromatic carbocycles. The van der Waals surface area contributed by atoms with E-state index in [0.717, 1.165) is 17.2 Å². The normalized spacial score (nSPS) is 10.5. The molecule has 8 heteroatoms. The molecule has 0 unspecified atom stereocenters. The van der Waals surface area contributed by atoms with Crippen molar-refractivity contribution in [2.45, 2.75) is 26.7 Å². The van der Waals surface area contributed by atoms with E-state index >= 15 is 0 Å². The lowest BCUT2D eigenvalue weighted by Crippen LogP contribution is -2.30. The van der Waals surface area contributed by atoms with Crippen LogP contribution >= 0.6 is 11.6 Å². The van der Waals surface area contributed by atoms with Crippen LogP contribution in [0.1, 0.15) is 30.9 Å². The summed E-state index contributed by atoms with van der Waals surface area (Å²) in [6.45, 7) is 5.79. The van der Waals surface area contributed by atoms with E-state index in [4.69, 9.17) is 11.6 Å². The van der Waals surface area contributed by atoms with Crippen molar-refractivity contribution in [1.29, 1.82) is 0 Å². The van der Waals surface area contributed by atoms with E-state index < -0.39 is 16.7 Å². The van der Waals surface area contributed by atoms with Crippen LogP contribution in [-0.4, -0.2) is 16.7 Å². The van der Waals surface area contributed by atoms with Gasteiger partial charge in [0, 0.05) is 17.8 Å². The zero-order chi connectivity index (χ0) is 19.4. The molecule has 0 aliphatic heterocycles. The zero-order valence-electron chi connectivity index (χ0n) is 14.5. The second-order valence-corrected chi connectivity index (χ2v) is 6.43. The Labute approximate surface area is 155 Å². The number of benzene rings is 2. The molecule has 2 aromatic rings. The third-order valence-electron chi connectivity index (χ3n) is 3.78. The predicted octanol–water partition coefficient (Wildman–Crippen LogP) is 4.26. The molecule has 0 spiro atoms. The van der Waals surface area contributed by atoms with E-state index in [1.807, 2.05) is 39.0 Å². The van der Waals surface area contributed by atoms with Crippen molar-refractivity contribution in [2.24, 2.45) is 0 Å². The van der Waals surface area contributed by atoms with Crippen LogP contribution in [0, 0.1) is 17.0 Å². The van der Waals surface area contributed by atoms with Crippen LogP contribution < -0.4 is 10.6 Å². The number of rotatable bonds is 4. The third kappa shape index (κ3) is 4.37. The van der Waals surface area contributed by atoms with Crippen LogP contribution in [0.4, 0.5) is 17.1 Å². The number of aryl methyl sites for hydroxylation is 1. The smallest absolute Gasteiger partial charge is 0.314 e. The highest BCUT2D eigenvalue weighted by atomic mass is 35.5. The van der Waals surface area contributed by atoms with Gasteiger partial charge < -0.3 is 10.6 Å². The highest BCUT2D eigenvalue weighted by Crippen LogP contribution is 2.28. The highest BCUT2D eigenvalue weighted by molar-refractivity contribution is 6.45. The van der Waals surface area contributed by atoms with Gasteiger partial charge in [0.2, 0.25) is 0 Å². The third-order valence-corrected chi connectivity index (χ3v) is 4.11. The fraction of sp³-hybridized carbons (Fsp3) is 0.222. The summed E-state index contributed by atoms with van der Waals surface area (Å²) >= 11 is 5.93. The van der Waals surface area contributed by atoms with Crippen molar-refractivity contribution in [3.8, 4) is 0 Å². The summed E-state index contributed by atoms with van der Waals surface area (Å²) < 4.78 is 0. The first-order valence-corrected chi connectivity index (χ1v) is 8.24. The molecule has 0 bridgehead atoms. The number of para-hydroxylation sites is 1. The number of carbonyl (C=O) groups is 2. The van der Waals surface area contributed by atoms with Gasteiger partial charge in [0.1, 0.15) is 0 Å². The SMILES string of the molecule is Cc1cccc(C(C)C)c1NC(=O)C(=O)Nc1cc([N+](=O)[O-])ccc1Cl. The average Bonchev–Trinajstić information content (AvgIpc) is 2.57. The van der Waals surface area contributed by atoms with Gasteiger partial charge in [0.05, 0.1) is 15.6 Å². The first-order chi connectivity index (χ1) is 12.2. The van der Waals surface area contributed by atoms with E-state index in [1.165, 1.54) is 12.1 Å². The van der Waals surface area contributed by atoms with E-state index in [0.29, 0.717) is 5.69 Å². The lowest BCUT2D eigenvalue weighted by atomic mass is 9.98. The fourth-order valence-electron chi connectivity index (χ4n) is 2.41. The number of anilines is 2. The topological polar surface area (TPSA) is 101 Å². The van der Waals surface area contributed by atoms with Crippen molar-refractivity contribution < 1.29 is 14.5 Å². The van der Waals surface area contributed by atoms with Gasteiger partial charge in [0.15, 0.2) is 0 Å². The van der Waals surface area contributed by atoms with Gasteiger partial charge in [-0.1, -0.05) is 43.6 Å². The molecule has 0 fully saturated rings. The molecular weight excluding hydrogens is 358 g/mol. The summed E-state index contributed by atoms with van der Waals surface area (Å²) in [5, 5.41) is 15.8. The van der Waals surface area contributed by atoms with Crippen molar-refractivity contribution in [3.63, 3.8) is 0 Å². The van der Waals surface area contributed by atoms with E-state index in [-0.39, 0.29) is 22.3 Å². The second kappa shape index (κ2) is 7.97. The van der Waals surface area contributed by atoms with E-state index in [1.54, 1.807) is 0 Å². The van der Waals surface area contributed by atoms with E-state index in [9.17, 15) is 19.7 Å². The van der Waals surface area contributed by atoms with Gasteiger partial charge in [-0.2, -0.15) is 0 Å². The van der Waals surface area contributed by atoms with Gasteiger partial charge in [0.25, 0.3) is 5.69 Å². The van der Waals surface area contributed by atoms with Gasteiger partial charge in [-0.3, -0.25) is 19.7 Å². The molecule has 0 atom stereocenters. The van der Waals surface area contributed by atoms with Crippen molar-refractivity contribution in [3.05, 3.63) is 62.7 Å². The Morgan fingerprint density at radius 2 is 1.77 bits per heavy atom. The summed E-state index contributed by atoms with van der Waals surface area (Å²) in [6.07, 6.45) is 0. The van der Waals surface area contributed by atoms with Crippen LogP contribution in [0.25, 0.3) is 0 Å². The molecule has 0 saturated carbocycles. The Morgan fingerprint density at radius 3 is 2.38 bits per heavy atom. The van der Waals surface area contributed by atoms with E-state index in [2.05, 4.69) is 10.6 Å². The predicted molar refractivity (Wildman–Crippen MR) is 101 cm³/mol. The molecule has 0 heterocycles. The second-order valence-electron chi connectivity index (χ2n) is 6.02. The van der Waals surface area contributed by atoms with Crippen LogP contribution in [-0.2, 0) is 9.59 Å². The number of carbonyl (C=O) groups excluding carboxylic acids is 2.